The average molecular weight is 445 g/mol. The molecule has 3 aliphatic rings. The van der Waals surface area contributed by atoms with E-state index in [4.69, 9.17) is 0 Å². The summed E-state index contributed by atoms with van der Waals surface area (Å²) >= 11 is 1.26. The molecule has 3 nitrogen and oxygen atoms in total. The zero-order chi connectivity index (χ0) is 22.1. The second-order valence-corrected chi connectivity index (χ2v) is 10.3. The van der Waals surface area contributed by atoms with Crippen LogP contribution in [0.1, 0.15) is 32.3 Å². The number of carbonyl (C=O) groups is 1. The SMILES string of the molecule is CC12CC1C2.CCSNC1C(Cc2cccc(-c3ccccc3)c2)N(C=O)CC1(F)F. The van der Waals surface area contributed by atoms with Crippen LogP contribution in [-0.2, 0) is 11.2 Å². The van der Waals surface area contributed by atoms with Gasteiger partial charge in [-0.25, -0.2) is 8.78 Å². The molecule has 6 heteroatoms. The van der Waals surface area contributed by atoms with Gasteiger partial charge in [0, 0.05) is 5.75 Å². The number of likely N-dealkylation sites (tertiary alicyclic amines) is 1. The van der Waals surface area contributed by atoms with Crippen molar-refractivity contribution in [2.24, 2.45) is 11.3 Å². The second-order valence-electron chi connectivity index (χ2n) is 9.16. The second kappa shape index (κ2) is 8.91. The number of benzene rings is 2. The fourth-order valence-corrected chi connectivity index (χ4v) is 4.99. The third-order valence-corrected chi connectivity index (χ3v) is 7.43. The Morgan fingerprint density at radius 1 is 1.13 bits per heavy atom. The van der Waals surface area contributed by atoms with E-state index in [2.05, 4.69) is 11.6 Å². The Morgan fingerprint density at radius 3 is 2.35 bits per heavy atom. The quantitative estimate of drug-likeness (QED) is 0.458. The number of amides is 1. The van der Waals surface area contributed by atoms with Gasteiger partial charge in [-0.3, -0.25) is 9.52 Å². The third kappa shape index (κ3) is 5.12. The van der Waals surface area contributed by atoms with Crippen LogP contribution in [0.25, 0.3) is 11.1 Å². The molecule has 31 heavy (non-hydrogen) atoms. The van der Waals surface area contributed by atoms with Crippen molar-refractivity contribution in [3.63, 3.8) is 0 Å². The highest BCUT2D eigenvalue weighted by Crippen LogP contribution is 2.74. The lowest BCUT2D eigenvalue weighted by molar-refractivity contribution is -0.120. The fraction of sp³-hybridized carbons (Fsp3) is 0.480. The molecule has 2 aromatic carbocycles. The van der Waals surface area contributed by atoms with Gasteiger partial charge in [0.1, 0.15) is 6.04 Å². The van der Waals surface area contributed by atoms with Crippen LogP contribution in [-0.4, -0.2) is 41.6 Å². The van der Waals surface area contributed by atoms with E-state index in [-0.39, 0.29) is 0 Å². The molecule has 2 atom stereocenters. The molecule has 2 unspecified atom stereocenters. The van der Waals surface area contributed by atoms with E-state index in [1.165, 1.54) is 22.8 Å². The van der Waals surface area contributed by atoms with Gasteiger partial charge in [0.25, 0.3) is 5.92 Å². The number of halogens is 2. The standard InChI is InChI=1S/C20H22F2N2OS.C5H8/c1-2-26-23-19-18(24(14-25)13-20(19,21)22)12-15-7-6-10-17(11-15)16-8-4-3-5-9-16;1-5-2-4(5)3-5/h3-11,14,18-19,23H,2,12-13H2,1H3;4H,2-3H2,1H3. The molecular weight excluding hydrogens is 414 g/mol. The van der Waals surface area contributed by atoms with Crippen molar-refractivity contribution in [3.05, 3.63) is 60.2 Å². The van der Waals surface area contributed by atoms with Gasteiger partial charge in [0.2, 0.25) is 6.41 Å². The molecule has 2 aromatic rings. The van der Waals surface area contributed by atoms with Crippen LogP contribution in [0.4, 0.5) is 8.78 Å². The summed E-state index contributed by atoms with van der Waals surface area (Å²) in [4.78, 5) is 12.6. The molecule has 1 aliphatic heterocycles. The van der Waals surface area contributed by atoms with Crippen LogP contribution in [0.2, 0.25) is 0 Å². The summed E-state index contributed by atoms with van der Waals surface area (Å²) in [6.07, 6.45) is 4.02. The van der Waals surface area contributed by atoms with E-state index in [0.717, 1.165) is 22.1 Å². The molecule has 0 bridgehead atoms. The molecule has 3 fully saturated rings. The van der Waals surface area contributed by atoms with Crippen LogP contribution >= 0.6 is 11.9 Å². The normalized spacial score (nSPS) is 29.5. The summed E-state index contributed by atoms with van der Waals surface area (Å²) in [5.41, 5.74) is 3.97. The number of carbonyl (C=O) groups excluding carboxylic acids is 1. The minimum absolute atomic E-state index is 0.386. The van der Waals surface area contributed by atoms with Crippen molar-refractivity contribution in [3.8, 4) is 11.1 Å². The van der Waals surface area contributed by atoms with E-state index < -0.39 is 24.6 Å². The Labute approximate surface area is 187 Å². The zero-order valence-corrected chi connectivity index (χ0v) is 18.9. The van der Waals surface area contributed by atoms with Crippen LogP contribution in [0.3, 0.4) is 0 Å². The molecule has 0 radical (unpaired) electrons. The lowest BCUT2D eigenvalue weighted by atomic mass is 9.96. The fourth-order valence-electron chi connectivity index (χ4n) is 4.32. The first kappa shape index (κ1) is 22.3. The van der Waals surface area contributed by atoms with E-state index in [0.29, 0.717) is 18.6 Å². The van der Waals surface area contributed by atoms with Crippen LogP contribution in [0, 0.1) is 11.3 Å². The third-order valence-electron chi connectivity index (χ3n) is 6.72. The molecule has 166 valence electrons. The Morgan fingerprint density at radius 2 is 1.77 bits per heavy atom. The van der Waals surface area contributed by atoms with Gasteiger partial charge in [-0.1, -0.05) is 80.4 Å². The maximum absolute atomic E-state index is 14.4. The molecule has 5 rings (SSSR count). The molecule has 1 saturated heterocycles. The molecule has 1 N–H and O–H groups in total. The first-order chi connectivity index (χ1) is 14.9. The Bertz CT molecular complexity index is 901. The number of fused-ring (bicyclic) bond motifs is 1. The monoisotopic (exact) mass is 444 g/mol. The summed E-state index contributed by atoms with van der Waals surface area (Å²) in [7, 11) is 0. The molecule has 1 amide bonds. The Hall–Kier alpha value is -1.92. The van der Waals surface area contributed by atoms with Crippen molar-refractivity contribution in [2.45, 2.75) is 51.1 Å². The molecule has 0 aromatic heterocycles. The summed E-state index contributed by atoms with van der Waals surface area (Å²) in [5, 5.41) is 0. The van der Waals surface area contributed by atoms with Gasteiger partial charge < -0.3 is 4.90 Å². The van der Waals surface area contributed by atoms with Crippen molar-refractivity contribution >= 4 is 18.4 Å². The smallest absolute Gasteiger partial charge is 0.283 e. The number of rotatable bonds is 7. The minimum atomic E-state index is -2.94. The van der Waals surface area contributed by atoms with Crippen molar-refractivity contribution in [1.29, 1.82) is 0 Å². The van der Waals surface area contributed by atoms with Gasteiger partial charge in [0.15, 0.2) is 0 Å². The highest BCUT2D eigenvalue weighted by atomic mass is 32.2. The number of alkyl halides is 2. The van der Waals surface area contributed by atoms with Crippen molar-refractivity contribution < 1.29 is 13.6 Å². The van der Waals surface area contributed by atoms with E-state index in [1.54, 1.807) is 12.8 Å². The maximum Gasteiger partial charge on any atom is 0.283 e. The van der Waals surface area contributed by atoms with Crippen LogP contribution in [0.5, 0.6) is 0 Å². The first-order valence-corrected chi connectivity index (χ1v) is 12.0. The zero-order valence-electron chi connectivity index (χ0n) is 18.1. The topological polar surface area (TPSA) is 32.3 Å². The van der Waals surface area contributed by atoms with Crippen molar-refractivity contribution in [2.75, 3.05) is 12.3 Å². The lowest BCUT2D eigenvalue weighted by Gasteiger charge is -2.26. The number of hydrogen-bond donors (Lipinski definition) is 1. The maximum atomic E-state index is 14.4. The van der Waals surface area contributed by atoms with Gasteiger partial charge in [-0.05, 0) is 47.3 Å². The Kier molecular flexibility index (Phi) is 6.40. The lowest BCUT2D eigenvalue weighted by Crippen LogP contribution is -2.47. The highest BCUT2D eigenvalue weighted by molar-refractivity contribution is 7.97. The molecular formula is C25H30F2N2OS. The molecule has 1 heterocycles. The highest BCUT2D eigenvalue weighted by Gasteiger charge is 2.65. The van der Waals surface area contributed by atoms with Gasteiger partial charge >= 0.3 is 0 Å². The molecule has 2 saturated carbocycles. The summed E-state index contributed by atoms with van der Waals surface area (Å²) in [6.45, 7) is 3.74. The number of nitrogens with zero attached hydrogens (tertiary/aromatic N) is 1. The first-order valence-electron chi connectivity index (χ1n) is 11.0. The van der Waals surface area contributed by atoms with E-state index in [9.17, 15) is 13.6 Å². The van der Waals surface area contributed by atoms with E-state index >= 15 is 0 Å². The summed E-state index contributed by atoms with van der Waals surface area (Å²) in [6, 6.07) is 16.2. The minimum Gasteiger partial charge on any atom is -0.334 e. The summed E-state index contributed by atoms with van der Waals surface area (Å²) in [5.74, 6) is -1.06. The van der Waals surface area contributed by atoms with Gasteiger partial charge in [-0.15, -0.1) is 0 Å². The van der Waals surface area contributed by atoms with Crippen molar-refractivity contribution in [1.82, 2.24) is 9.62 Å². The average Bonchev–Trinajstić information content (AvgIpc) is 3.58. The predicted octanol–water partition coefficient (Wildman–Crippen LogP) is 5.41. The van der Waals surface area contributed by atoms with E-state index in [1.807, 2.05) is 61.5 Å². The summed E-state index contributed by atoms with van der Waals surface area (Å²) < 4.78 is 31.6. The predicted molar refractivity (Wildman–Crippen MR) is 123 cm³/mol. The largest absolute Gasteiger partial charge is 0.334 e. The van der Waals surface area contributed by atoms with Crippen LogP contribution in [0.15, 0.2) is 54.6 Å². The van der Waals surface area contributed by atoms with Gasteiger partial charge in [0.05, 0.1) is 12.6 Å². The van der Waals surface area contributed by atoms with Crippen LogP contribution < -0.4 is 4.72 Å². The Balaban J connectivity index is 0.000000396. The number of nitrogens with one attached hydrogen (secondary N) is 1. The molecule has 0 spiro atoms. The molecule has 2 aliphatic carbocycles. The number of hydrogen-bond acceptors (Lipinski definition) is 3. The van der Waals surface area contributed by atoms with Gasteiger partial charge in [-0.2, -0.15) is 0 Å².